The number of thioether (sulfide) groups is 1. The van der Waals surface area contributed by atoms with Gasteiger partial charge in [-0.2, -0.15) is 4.68 Å². The number of hydrogen-bond acceptors (Lipinski definition) is 4. The SMILES string of the molecule is Cc1ccc(-n2nnnc2SCC(F)F)cc1. The highest BCUT2D eigenvalue weighted by Crippen LogP contribution is 2.20. The van der Waals surface area contributed by atoms with Crippen molar-refractivity contribution in [1.82, 2.24) is 20.2 Å². The van der Waals surface area contributed by atoms with Crippen molar-refractivity contribution in [2.75, 3.05) is 5.75 Å². The molecule has 0 aliphatic rings. The van der Waals surface area contributed by atoms with Crippen molar-refractivity contribution in [2.24, 2.45) is 0 Å². The standard InChI is InChI=1S/C10H10F2N4S/c1-7-2-4-8(5-3-7)16-10(13-14-15-16)17-6-9(11)12/h2-5,9H,6H2,1H3. The highest BCUT2D eigenvalue weighted by atomic mass is 32.2. The Bertz CT molecular complexity index is 483. The molecular formula is C10H10F2N4S. The van der Waals surface area contributed by atoms with Crippen LogP contribution in [-0.4, -0.2) is 32.4 Å². The van der Waals surface area contributed by atoms with Gasteiger partial charge in [-0.05, 0) is 29.5 Å². The Labute approximate surface area is 101 Å². The first kappa shape index (κ1) is 12.0. The van der Waals surface area contributed by atoms with Crippen LogP contribution in [0, 0.1) is 6.92 Å². The number of rotatable bonds is 4. The zero-order chi connectivity index (χ0) is 12.3. The molecule has 7 heteroatoms. The molecule has 90 valence electrons. The van der Waals surface area contributed by atoms with E-state index in [0.29, 0.717) is 5.16 Å². The molecule has 0 atom stereocenters. The number of aryl methyl sites for hydroxylation is 1. The Morgan fingerprint density at radius 2 is 2.00 bits per heavy atom. The lowest BCUT2D eigenvalue weighted by atomic mass is 10.2. The molecule has 0 radical (unpaired) electrons. The molecule has 0 fully saturated rings. The van der Waals surface area contributed by atoms with Gasteiger partial charge in [-0.25, -0.2) is 8.78 Å². The summed E-state index contributed by atoms with van der Waals surface area (Å²) in [5, 5.41) is 11.4. The van der Waals surface area contributed by atoms with Crippen LogP contribution >= 0.6 is 11.8 Å². The van der Waals surface area contributed by atoms with Crippen molar-refractivity contribution in [3.05, 3.63) is 29.8 Å². The van der Waals surface area contributed by atoms with E-state index >= 15 is 0 Å². The maximum absolute atomic E-state index is 12.1. The first-order chi connectivity index (χ1) is 8.16. The second kappa shape index (κ2) is 5.22. The Balaban J connectivity index is 2.21. The quantitative estimate of drug-likeness (QED) is 0.787. The Morgan fingerprint density at radius 3 is 2.65 bits per heavy atom. The monoisotopic (exact) mass is 256 g/mol. The second-order valence-electron chi connectivity index (χ2n) is 3.41. The average molecular weight is 256 g/mol. The van der Waals surface area contributed by atoms with Crippen LogP contribution in [0.15, 0.2) is 29.4 Å². The predicted molar refractivity (Wildman–Crippen MR) is 60.6 cm³/mol. The molecule has 2 rings (SSSR count). The van der Waals surface area contributed by atoms with E-state index in [4.69, 9.17) is 0 Å². The van der Waals surface area contributed by atoms with Crippen molar-refractivity contribution >= 4 is 11.8 Å². The molecule has 4 nitrogen and oxygen atoms in total. The molecule has 0 aliphatic heterocycles. The van der Waals surface area contributed by atoms with E-state index in [9.17, 15) is 8.78 Å². The van der Waals surface area contributed by atoms with Gasteiger partial charge in [0.25, 0.3) is 0 Å². The van der Waals surface area contributed by atoms with E-state index in [2.05, 4.69) is 15.5 Å². The molecule has 1 aromatic carbocycles. The van der Waals surface area contributed by atoms with Gasteiger partial charge >= 0.3 is 0 Å². The Hall–Kier alpha value is -1.50. The van der Waals surface area contributed by atoms with E-state index in [0.717, 1.165) is 23.0 Å². The van der Waals surface area contributed by atoms with Gasteiger partial charge in [-0.1, -0.05) is 29.5 Å². The molecule has 0 amide bonds. The third-order valence-corrected chi connectivity index (χ3v) is 2.99. The van der Waals surface area contributed by atoms with Crippen LogP contribution in [0.1, 0.15) is 5.56 Å². The molecule has 2 aromatic rings. The number of hydrogen-bond donors (Lipinski definition) is 0. The van der Waals surface area contributed by atoms with E-state index < -0.39 is 6.43 Å². The van der Waals surface area contributed by atoms with Gasteiger partial charge in [0, 0.05) is 0 Å². The van der Waals surface area contributed by atoms with Gasteiger partial charge < -0.3 is 0 Å². The van der Waals surface area contributed by atoms with Crippen molar-refractivity contribution in [3.8, 4) is 5.69 Å². The number of nitrogens with zero attached hydrogens (tertiary/aromatic N) is 4. The summed E-state index contributed by atoms with van der Waals surface area (Å²) in [6.07, 6.45) is -2.37. The molecule has 1 heterocycles. The maximum Gasteiger partial charge on any atom is 0.248 e. The fourth-order valence-corrected chi connectivity index (χ4v) is 1.89. The summed E-state index contributed by atoms with van der Waals surface area (Å²) in [6.45, 7) is 1.97. The van der Waals surface area contributed by atoms with Gasteiger partial charge in [0.15, 0.2) is 0 Å². The van der Waals surface area contributed by atoms with Crippen molar-refractivity contribution in [3.63, 3.8) is 0 Å². The maximum atomic E-state index is 12.1. The summed E-state index contributed by atoms with van der Waals surface area (Å²) < 4.78 is 25.7. The van der Waals surface area contributed by atoms with Gasteiger partial charge in [-0.3, -0.25) is 0 Å². The first-order valence-electron chi connectivity index (χ1n) is 4.93. The van der Waals surface area contributed by atoms with Crippen LogP contribution in [0.25, 0.3) is 5.69 Å². The van der Waals surface area contributed by atoms with Crippen molar-refractivity contribution < 1.29 is 8.78 Å². The average Bonchev–Trinajstić information content (AvgIpc) is 2.75. The van der Waals surface area contributed by atoms with Crippen LogP contribution < -0.4 is 0 Å². The van der Waals surface area contributed by atoms with Crippen LogP contribution in [-0.2, 0) is 0 Å². The normalized spacial score (nSPS) is 11.1. The van der Waals surface area contributed by atoms with Crippen LogP contribution in [0.3, 0.4) is 0 Å². The van der Waals surface area contributed by atoms with E-state index in [1.165, 1.54) is 4.68 Å². The molecule has 0 unspecified atom stereocenters. The minimum absolute atomic E-state index is 0.313. The van der Waals surface area contributed by atoms with E-state index in [1.54, 1.807) is 0 Å². The topological polar surface area (TPSA) is 43.6 Å². The molecule has 0 aliphatic carbocycles. The summed E-state index contributed by atoms with van der Waals surface area (Å²) in [4.78, 5) is 0. The highest BCUT2D eigenvalue weighted by molar-refractivity contribution is 7.99. The summed E-state index contributed by atoms with van der Waals surface area (Å²) in [6, 6.07) is 7.52. The zero-order valence-corrected chi connectivity index (χ0v) is 9.86. The lowest BCUT2D eigenvalue weighted by molar-refractivity contribution is 0.176. The molecular weight excluding hydrogens is 246 g/mol. The third kappa shape index (κ3) is 3.00. The minimum Gasteiger partial charge on any atom is -0.210 e. The van der Waals surface area contributed by atoms with Crippen LogP contribution in [0.5, 0.6) is 0 Å². The lowest BCUT2D eigenvalue weighted by Crippen LogP contribution is -2.01. The molecule has 0 saturated carbocycles. The van der Waals surface area contributed by atoms with Gasteiger partial charge in [0.1, 0.15) is 0 Å². The first-order valence-corrected chi connectivity index (χ1v) is 5.92. The number of benzene rings is 1. The smallest absolute Gasteiger partial charge is 0.210 e. The summed E-state index contributed by atoms with van der Waals surface area (Å²) in [5.74, 6) is -0.313. The van der Waals surface area contributed by atoms with Crippen LogP contribution in [0.2, 0.25) is 0 Å². The van der Waals surface area contributed by atoms with Crippen molar-refractivity contribution in [1.29, 1.82) is 0 Å². The number of tetrazole rings is 1. The Morgan fingerprint density at radius 1 is 1.29 bits per heavy atom. The van der Waals surface area contributed by atoms with Gasteiger partial charge in [-0.15, -0.1) is 5.10 Å². The highest BCUT2D eigenvalue weighted by Gasteiger charge is 2.11. The number of alkyl halides is 2. The largest absolute Gasteiger partial charge is 0.248 e. The van der Waals surface area contributed by atoms with E-state index in [1.807, 2.05) is 31.2 Å². The summed E-state index contributed by atoms with van der Waals surface area (Å²) in [7, 11) is 0. The van der Waals surface area contributed by atoms with Gasteiger partial charge in [0.05, 0.1) is 11.4 Å². The second-order valence-corrected chi connectivity index (χ2v) is 4.40. The number of aromatic nitrogens is 4. The van der Waals surface area contributed by atoms with Crippen molar-refractivity contribution in [2.45, 2.75) is 18.5 Å². The summed E-state index contributed by atoms with van der Waals surface area (Å²) >= 11 is 0.938. The lowest BCUT2D eigenvalue weighted by Gasteiger charge is -2.04. The fourth-order valence-electron chi connectivity index (χ4n) is 1.25. The fraction of sp³-hybridized carbons (Fsp3) is 0.300. The third-order valence-electron chi connectivity index (χ3n) is 2.06. The van der Waals surface area contributed by atoms with Crippen LogP contribution in [0.4, 0.5) is 8.78 Å². The van der Waals surface area contributed by atoms with Gasteiger partial charge in [0.2, 0.25) is 11.6 Å². The molecule has 1 aromatic heterocycles. The molecule has 0 bridgehead atoms. The molecule has 17 heavy (non-hydrogen) atoms. The summed E-state index contributed by atoms with van der Waals surface area (Å²) in [5.41, 5.74) is 1.88. The predicted octanol–water partition coefficient (Wildman–Crippen LogP) is 2.33. The molecule has 0 N–H and O–H groups in total. The number of halogens is 2. The molecule has 0 saturated heterocycles. The Kier molecular flexibility index (Phi) is 3.68. The van der Waals surface area contributed by atoms with E-state index in [-0.39, 0.29) is 5.75 Å². The molecule has 0 spiro atoms. The minimum atomic E-state index is -2.37. The zero-order valence-electron chi connectivity index (χ0n) is 9.05.